The van der Waals surface area contributed by atoms with E-state index in [0.29, 0.717) is 25.7 Å². The summed E-state index contributed by atoms with van der Waals surface area (Å²) in [5.41, 5.74) is -1.89. The fourth-order valence-electron chi connectivity index (χ4n) is 3.48. The van der Waals surface area contributed by atoms with Crippen LogP contribution in [0.25, 0.3) is 0 Å². The van der Waals surface area contributed by atoms with E-state index in [-0.39, 0.29) is 11.9 Å². The van der Waals surface area contributed by atoms with Crippen LogP contribution in [0.3, 0.4) is 0 Å². The standard InChI is InChI=1S/C14H20O4/c15-11-13(7-3-1-4-8-13)17-12(16)14(18-11)9-5-2-6-10-14/h1-10H2. The zero-order chi connectivity index (χ0) is 12.6. The van der Waals surface area contributed by atoms with E-state index in [9.17, 15) is 9.59 Å². The molecule has 3 aliphatic rings. The summed E-state index contributed by atoms with van der Waals surface area (Å²) in [6.45, 7) is 0. The van der Waals surface area contributed by atoms with Crippen molar-refractivity contribution < 1.29 is 19.1 Å². The number of ether oxygens (including phenoxy) is 2. The zero-order valence-electron chi connectivity index (χ0n) is 10.7. The molecular formula is C14H20O4. The third-order valence-electron chi connectivity index (χ3n) is 4.64. The van der Waals surface area contributed by atoms with E-state index < -0.39 is 11.2 Å². The maximum Gasteiger partial charge on any atom is 0.351 e. The number of esters is 2. The second-order valence-corrected chi connectivity index (χ2v) is 5.89. The van der Waals surface area contributed by atoms with Gasteiger partial charge >= 0.3 is 11.9 Å². The van der Waals surface area contributed by atoms with Crippen molar-refractivity contribution in [2.75, 3.05) is 0 Å². The Balaban J connectivity index is 1.82. The van der Waals surface area contributed by atoms with Crippen LogP contribution >= 0.6 is 0 Å². The molecule has 1 heterocycles. The molecule has 2 saturated carbocycles. The van der Waals surface area contributed by atoms with Crippen LogP contribution in [0.5, 0.6) is 0 Å². The van der Waals surface area contributed by atoms with Crippen LogP contribution in [-0.4, -0.2) is 23.1 Å². The molecule has 4 heteroatoms. The van der Waals surface area contributed by atoms with E-state index in [0.717, 1.165) is 38.5 Å². The third-order valence-corrected chi connectivity index (χ3v) is 4.64. The molecule has 0 atom stereocenters. The van der Waals surface area contributed by atoms with Gasteiger partial charge in [-0.2, -0.15) is 0 Å². The average molecular weight is 252 g/mol. The van der Waals surface area contributed by atoms with Gasteiger partial charge in [-0.25, -0.2) is 9.59 Å². The molecule has 2 spiro atoms. The highest BCUT2D eigenvalue weighted by Gasteiger charge is 2.58. The molecule has 0 amide bonds. The van der Waals surface area contributed by atoms with E-state index in [4.69, 9.17) is 9.47 Å². The Morgan fingerprint density at radius 3 is 1.28 bits per heavy atom. The zero-order valence-corrected chi connectivity index (χ0v) is 10.7. The van der Waals surface area contributed by atoms with Crippen LogP contribution in [0.2, 0.25) is 0 Å². The van der Waals surface area contributed by atoms with Gasteiger partial charge in [-0.1, -0.05) is 12.8 Å². The normalized spacial score (nSPS) is 30.0. The number of rotatable bonds is 0. The summed E-state index contributed by atoms with van der Waals surface area (Å²) in [6, 6.07) is 0. The summed E-state index contributed by atoms with van der Waals surface area (Å²) >= 11 is 0. The lowest BCUT2D eigenvalue weighted by atomic mass is 9.80. The lowest BCUT2D eigenvalue weighted by Gasteiger charge is -2.46. The molecular weight excluding hydrogens is 232 g/mol. The Morgan fingerprint density at radius 2 is 0.944 bits per heavy atom. The van der Waals surface area contributed by atoms with Gasteiger partial charge in [0, 0.05) is 0 Å². The largest absolute Gasteiger partial charge is 0.444 e. The smallest absolute Gasteiger partial charge is 0.351 e. The molecule has 0 aromatic rings. The van der Waals surface area contributed by atoms with Crippen LogP contribution in [0.1, 0.15) is 64.2 Å². The summed E-state index contributed by atoms with van der Waals surface area (Å²) in [7, 11) is 0. The van der Waals surface area contributed by atoms with Gasteiger partial charge in [0.1, 0.15) is 0 Å². The van der Waals surface area contributed by atoms with Crippen molar-refractivity contribution in [3.05, 3.63) is 0 Å². The fraction of sp³-hybridized carbons (Fsp3) is 0.857. The molecule has 0 bridgehead atoms. The van der Waals surface area contributed by atoms with Crippen molar-refractivity contribution in [3.63, 3.8) is 0 Å². The van der Waals surface area contributed by atoms with Gasteiger partial charge in [0.25, 0.3) is 0 Å². The van der Waals surface area contributed by atoms with Gasteiger partial charge in [0.15, 0.2) is 0 Å². The first-order valence-corrected chi connectivity index (χ1v) is 7.14. The Labute approximate surface area is 107 Å². The van der Waals surface area contributed by atoms with E-state index in [1.165, 1.54) is 0 Å². The first-order chi connectivity index (χ1) is 8.67. The topological polar surface area (TPSA) is 52.6 Å². The molecule has 0 radical (unpaired) electrons. The minimum atomic E-state index is -0.946. The van der Waals surface area contributed by atoms with Crippen LogP contribution in [0.4, 0.5) is 0 Å². The lowest BCUT2D eigenvalue weighted by molar-refractivity contribution is -0.234. The predicted molar refractivity (Wildman–Crippen MR) is 63.8 cm³/mol. The summed E-state index contributed by atoms with van der Waals surface area (Å²) < 4.78 is 11.2. The van der Waals surface area contributed by atoms with Crippen molar-refractivity contribution in [1.29, 1.82) is 0 Å². The summed E-state index contributed by atoms with van der Waals surface area (Å²) in [4.78, 5) is 24.6. The SMILES string of the molecule is O=C1OC2(CCCCC2)C(=O)OC12CCCCC2. The maximum absolute atomic E-state index is 12.3. The molecule has 1 aliphatic heterocycles. The quantitative estimate of drug-likeness (QED) is 0.621. The first kappa shape index (κ1) is 12.0. The molecule has 0 unspecified atom stereocenters. The minimum Gasteiger partial charge on any atom is -0.444 e. The highest BCUT2D eigenvalue weighted by atomic mass is 16.7. The van der Waals surface area contributed by atoms with Crippen LogP contribution in [0, 0.1) is 0 Å². The van der Waals surface area contributed by atoms with Crippen LogP contribution in [0.15, 0.2) is 0 Å². The van der Waals surface area contributed by atoms with Gasteiger partial charge in [-0.3, -0.25) is 0 Å². The second kappa shape index (κ2) is 4.25. The van der Waals surface area contributed by atoms with E-state index in [2.05, 4.69) is 0 Å². The average Bonchev–Trinajstić information content (AvgIpc) is 2.39. The molecule has 0 aromatic heterocycles. The molecule has 18 heavy (non-hydrogen) atoms. The lowest BCUT2D eigenvalue weighted by Crippen LogP contribution is -2.61. The molecule has 100 valence electrons. The van der Waals surface area contributed by atoms with Crippen LogP contribution in [-0.2, 0) is 19.1 Å². The van der Waals surface area contributed by atoms with Crippen molar-refractivity contribution in [3.8, 4) is 0 Å². The third kappa shape index (κ3) is 1.73. The molecule has 3 fully saturated rings. The predicted octanol–water partition coefficient (Wildman–Crippen LogP) is 2.49. The number of carbonyl (C=O) groups is 2. The van der Waals surface area contributed by atoms with Crippen molar-refractivity contribution in [1.82, 2.24) is 0 Å². The Morgan fingerprint density at radius 1 is 0.611 bits per heavy atom. The highest BCUT2D eigenvalue weighted by molar-refractivity contribution is 5.93. The molecule has 0 aromatic carbocycles. The van der Waals surface area contributed by atoms with E-state index >= 15 is 0 Å². The Kier molecular flexibility index (Phi) is 2.83. The molecule has 0 N–H and O–H groups in total. The molecule has 1 saturated heterocycles. The van der Waals surface area contributed by atoms with Crippen molar-refractivity contribution in [2.45, 2.75) is 75.4 Å². The number of hydrogen-bond acceptors (Lipinski definition) is 4. The van der Waals surface area contributed by atoms with Crippen LogP contribution < -0.4 is 0 Å². The summed E-state index contributed by atoms with van der Waals surface area (Å²) in [6.07, 6.45) is 8.51. The van der Waals surface area contributed by atoms with Gasteiger partial charge in [0.05, 0.1) is 0 Å². The van der Waals surface area contributed by atoms with Gasteiger partial charge in [-0.15, -0.1) is 0 Å². The van der Waals surface area contributed by atoms with Gasteiger partial charge < -0.3 is 9.47 Å². The summed E-state index contributed by atoms with van der Waals surface area (Å²) in [5.74, 6) is -0.576. The van der Waals surface area contributed by atoms with Crippen molar-refractivity contribution in [2.24, 2.45) is 0 Å². The minimum absolute atomic E-state index is 0.288. The van der Waals surface area contributed by atoms with Gasteiger partial charge in [0.2, 0.25) is 11.2 Å². The first-order valence-electron chi connectivity index (χ1n) is 7.14. The van der Waals surface area contributed by atoms with E-state index in [1.54, 1.807) is 0 Å². The second-order valence-electron chi connectivity index (χ2n) is 5.89. The monoisotopic (exact) mass is 252 g/mol. The highest BCUT2D eigenvalue weighted by Crippen LogP contribution is 2.43. The Hall–Kier alpha value is -1.06. The number of carbonyl (C=O) groups excluding carboxylic acids is 2. The van der Waals surface area contributed by atoms with E-state index in [1.807, 2.05) is 0 Å². The Bertz CT molecular complexity index is 326. The molecule has 4 nitrogen and oxygen atoms in total. The molecule has 3 rings (SSSR count). The molecule has 2 aliphatic carbocycles. The number of hydrogen-bond donors (Lipinski definition) is 0. The van der Waals surface area contributed by atoms with Crippen molar-refractivity contribution >= 4 is 11.9 Å². The van der Waals surface area contributed by atoms with Gasteiger partial charge in [-0.05, 0) is 51.4 Å². The maximum atomic E-state index is 12.3. The fourth-order valence-corrected chi connectivity index (χ4v) is 3.48. The summed E-state index contributed by atoms with van der Waals surface area (Å²) in [5, 5.41) is 0.